The molecule has 3 rings (SSSR count). The molecule has 0 aliphatic carbocycles. The van der Waals surface area contributed by atoms with Gasteiger partial charge in [-0.25, -0.2) is 9.36 Å². The van der Waals surface area contributed by atoms with E-state index in [0.29, 0.717) is 5.69 Å². The zero-order chi connectivity index (χ0) is 16.9. The first-order valence-corrected chi connectivity index (χ1v) is 7.47. The van der Waals surface area contributed by atoms with E-state index in [1.54, 1.807) is 24.4 Å². The topological polar surface area (TPSA) is 90.0 Å². The van der Waals surface area contributed by atoms with Gasteiger partial charge in [0.2, 0.25) is 11.7 Å². The van der Waals surface area contributed by atoms with Gasteiger partial charge in [-0.3, -0.25) is 14.3 Å². The highest BCUT2D eigenvalue weighted by atomic mass is 16.5. The summed E-state index contributed by atoms with van der Waals surface area (Å²) in [5, 5.41) is 6.56. The maximum absolute atomic E-state index is 12.3. The van der Waals surface area contributed by atoms with Gasteiger partial charge < -0.3 is 5.32 Å². The smallest absolute Gasteiger partial charge is 0.348 e. The second-order valence-corrected chi connectivity index (χ2v) is 5.27. The highest BCUT2D eigenvalue weighted by Gasteiger charge is 2.17. The summed E-state index contributed by atoms with van der Waals surface area (Å²) in [6.45, 7) is 1.69. The third-order valence-electron chi connectivity index (χ3n) is 3.56. The van der Waals surface area contributed by atoms with Crippen LogP contribution in [0.25, 0.3) is 11.5 Å². The Morgan fingerprint density at radius 3 is 2.67 bits per heavy atom. The quantitative estimate of drug-likeness (QED) is 0.772. The molecule has 0 bridgehead atoms. The number of aromatic nitrogens is 3. The molecular weight excluding hydrogens is 308 g/mol. The van der Waals surface area contributed by atoms with Crippen molar-refractivity contribution >= 4 is 5.91 Å². The van der Waals surface area contributed by atoms with Crippen LogP contribution in [0.15, 0.2) is 64.0 Å². The lowest BCUT2D eigenvalue weighted by molar-refractivity contribution is -0.122. The number of nitrogens with one attached hydrogen (secondary N) is 1. The Balaban J connectivity index is 1.76. The van der Waals surface area contributed by atoms with E-state index in [-0.39, 0.29) is 24.3 Å². The van der Waals surface area contributed by atoms with Crippen molar-refractivity contribution in [3.05, 3.63) is 70.8 Å². The van der Waals surface area contributed by atoms with Crippen LogP contribution in [-0.2, 0) is 11.3 Å². The number of carbonyl (C=O) groups excluding carboxylic acids is 1. The van der Waals surface area contributed by atoms with Gasteiger partial charge in [0.1, 0.15) is 12.2 Å². The number of pyridine rings is 1. The normalized spacial score (nSPS) is 11.9. The summed E-state index contributed by atoms with van der Waals surface area (Å²) in [6, 6.07) is 14.6. The Labute approximate surface area is 137 Å². The van der Waals surface area contributed by atoms with Crippen LogP contribution in [0.5, 0.6) is 0 Å². The molecule has 3 aromatic rings. The summed E-state index contributed by atoms with van der Waals surface area (Å²) < 4.78 is 5.84. The van der Waals surface area contributed by atoms with Crippen molar-refractivity contribution in [2.24, 2.45) is 0 Å². The standard InChI is InChI=1S/C17H16N4O3/c1-12(13-7-3-2-4-8-13)19-15(22)11-21-16(20-24-17(21)23)14-9-5-6-10-18-14/h2-10,12H,11H2,1H3,(H,19,22)/t12-/m0/s1. The number of carbonyl (C=O) groups is 1. The zero-order valence-electron chi connectivity index (χ0n) is 13.0. The molecule has 1 N–H and O–H groups in total. The largest absolute Gasteiger partial charge is 0.442 e. The Bertz CT molecular complexity index is 872. The van der Waals surface area contributed by atoms with Gasteiger partial charge in [-0.05, 0) is 24.6 Å². The second kappa shape index (κ2) is 6.91. The number of amides is 1. The van der Waals surface area contributed by atoms with Crippen LogP contribution in [-0.4, -0.2) is 20.6 Å². The van der Waals surface area contributed by atoms with Gasteiger partial charge in [0.15, 0.2) is 0 Å². The van der Waals surface area contributed by atoms with Crippen molar-refractivity contribution in [1.82, 2.24) is 20.0 Å². The van der Waals surface area contributed by atoms with Gasteiger partial charge in [0.25, 0.3) is 0 Å². The molecule has 1 amide bonds. The highest BCUT2D eigenvalue weighted by molar-refractivity contribution is 5.76. The molecule has 0 radical (unpaired) electrons. The van der Waals surface area contributed by atoms with Crippen molar-refractivity contribution < 1.29 is 9.32 Å². The van der Waals surface area contributed by atoms with E-state index in [1.807, 2.05) is 37.3 Å². The van der Waals surface area contributed by atoms with Gasteiger partial charge in [0.05, 0.1) is 6.04 Å². The molecular formula is C17H16N4O3. The zero-order valence-corrected chi connectivity index (χ0v) is 13.0. The number of nitrogens with zero attached hydrogens (tertiary/aromatic N) is 3. The van der Waals surface area contributed by atoms with Crippen LogP contribution < -0.4 is 11.1 Å². The Hall–Kier alpha value is -3.22. The van der Waals surface area contributed by atoms with Crippen molar-refractivity contribution in [2.75, 3.05) is 0 Å². The predicted octanol–water partition coefficient (Wildman–Crippen LogP) is 1.78. The third-order valence-corrected chi connectivity index (χ3v) is 3.56. The number of rotatable bonds is 5. The second-order valence-electron chi connectivity index (χ2n) is 5.27. The molecule has 0 spiro atoms. The maximum atomic E-state index is 12.3. The fourth-order valence-electron chi connectivity index (χ4n) is 2.34. The summed E-state index contributed by atoms with van der Waals surface area (Å²) in [7, 11) is 0. The minimum atomic E-state index is -0.696. The van der Waals surface area contributed by atoms with E-state index in [9.17, 15) is 9.59 Å². The minimum absolute atomic E-state index is 0.174. The lowest BCUT2D eigenvalue weighted by Crippen LogP contribution is -2.33. The number of hydrogen-bond donors (Lipinski definition) is 1. The molecule has 1 atom stereocenters. The van der Waals surface area contributed by atoms with Gasteiger partial charge in [-0.2, -0.15) is 0 Å². The average Bonchev–Trinajstić information content (AvgIpc) is 2.97. The Kier molecular flexibility index (Phi) is 4.51. The molecule has 24 heavy (non-hydrogen) atoms. The SMILES string of the molecule is C[C@H](NC(=O)Cn1c(-c2ccccn2)noc1=O)c1ccccc1. The highest BCUT2D eigenvalue weighted by Crippen LogP contribution is 2.13. The van der Waals surface area contributed by atoms with E-state index >= 15 is 0 Å². The molecule has 2 aromatic heterocycles. The molecule has 2 heterocycles. The molecule has 122 valence electrons. The van der Waals surface area contributed by atoms with Crippen molar-refractivity contribution in [2.45, 2.75) is 19.5 Å². The molecule has 0 fully saturated rings. The van der Waals surface area contributed by atoms with E-state index in [4.69, 9.17) is 0 Å². The van der Waals surface area contributed by atoms with Crippen LogP contribution in [0.3, 0.4) is 0 Å². The van der Waals surface area contributed by atoms with Crippen LogP contribution >= 0.6 is 0 Å². The molecule has 0 aliphatic heterocycles. The fourth-order valence-corrected chi connectivity index (χ4v) is 2.34. The first kappa shape index (κ1) is 15.7. The van der Waals surface area contributed by atoms with Gasteiger partial charge in [0, 0.05) is 6.20 Å². The summed E-state index contributed by atoms with van der Waals surface area (Å²) in [5.74, 6) is -0.782. The first-order valence-electron chi connectivity index (χ1n) is 7.47. The van der Waals surface area contributed by atoms with Gasteiger partial charge >= 0.3 is 5.76 Å². The third kappa shape index (κ3) is 3.40. The lowest BCUT2D eigenvalue weighted by atomic mass is 10.1. The summed E-state index contributed by atoms with van der Waals surface area (Å²) in [6.07, 6.45) is 1.58. The average molecular weight is 324 g/mol. The minimum Gasteiger partial charge on any atom is -0.348 e. The molecule has 7 heteroatoms. The van der Waals surface area contributed by atoms with Gasteiger partial charge in [-0.15, -0.1) is 0 Å². The van der Waals surface area contributed by atoms with E-state index < -0.39 is 5.76 Å². The van der Waals surface area contributed by atoms with Crippen LogP contribution in [0, 0.1) is 0 Å². The molecule has 0 saturated heterocycles. The lowest BCUT2D eigenvalue weighted by Gasteiger charge is -2.14. The fraction of sp³-hybridized carbons (Fsp3) is 0.176. The molecule has 0 unspecified atom stereocenters. The Morgan fingerprint density at radius 2 is 1.96 bits per heavy atom. The maximum Gasteiger partial charge on any atom is 0.442 e. The van der Waals surface area contributed by atoms with E-state index in [0.717, 1.165) is 10.1 Å². The van der Waals surface area contributed by atoms with Crippen LogP contribution in [0.2, 0.25) is 0 Å². The van der Waals surface area contributed by atoms with Gasteiger partial charge in [-0.1, -0.05) is 41.6 Å². The number of benzene rings is 1. The van der Waals surface area contributed by atoms with E-state index in [1.165, 1.54) is 0 Å². The number of hydrogen-bond acceptors (Lipinski definition) is 5. The van der Waals surface area contributed by atoms with E-state index in [2.05, 4.69) is 20.0 Å². The molecule has 0 saturated carbocycles. The monoisotopic (exact) mass is 324 g/mol. The first-order chi connectivity index (χ1) is 11.6. The predicted molar refractivity (Wildman–Crippen MR) is 87.0 cm³/mol. The molecule has 0 aliphatic rings. The van der Waals surface area contributed by atoms with Crippen molar-refractivity contribution in [3.63, 3.8) is 0 Å². The van der Waals surface area contributed by atoms with Crippen LogP contribution in [0.4, 0.5) is 0 Å². The Morgan fingerprint density at radius 1 is 1.21 bits per heavy atom. The molecule has 7 nitrogen and oxygen atoms in total. The summed E-state index contributed by atoms with van der Waals surface area (Å²) >= 11 is 0. The molecule has 1 aromatic carbocycles. The van der Waals surface area contributed by atoms with Crippen LogP contribution in [0.1, 0.15) is 18.5 Å². The summed E-state index contributed by atoms with van der Waals surface area (Å²) in [4.78, 5) is 28.2. The van der Waals surface area contributed by atoms with Crippen molar-refractivity contribution in [1.29, 1.82) is 0 Å². The summed E-state index contributed by atoms with van der Waals surface area (Å²) in [5.41, 5.74) is 1.45. The van der Waals surface area contributed by atoms with Crippen molar-refractivity contribution in [3.8, 4) is 11.5 Å².